The summed E-state index contributed by atoms with van der Waals surface area (Å²) in [5, 5.41) is 16.9. The second-order valence-electron chi connectivity index (χ2n) is 9.52. The van der Waals surface area contributed by atoms with Gasteiger partial charge in [0.25, 0.3) is 5.91 Å². The molecule has 10 heteroatoms. The van der Waals surface area contributed by atoms with Gasteiger partial charge in [-0.15, -0.1) is 0 Å². The standard InChI is InChI=1S/C28H31F2N3O4S/c1-3-18-5-4-6-19(9-18)15-31-16-26(34)25(12-20-10-23(29)14-24(30)11-20)32-28(35)21-7-8-22-17-33(2)38(36,37)27(22)13-21/h4-11,13-14,25-26,31,34H,3,12,15-17H2,1-2H3,(H,32,35)/t25-,26+/m0/s1. The quantitative estimate of drug-likeness (QED) is 0.365. The van der Waals surface area contributed by atoms with E-state index in [1.807, 2.05) is 18.2 Å². The number of nitrogens with one attached hydrogen (secondary N) is 2. The summed E-state index contributed by atoms with van der Waals surface area (Å²) in [5.41, 5.74) is 3.18. The van der Waals surface area contributed by atoms with Crippen molar-refractivity contribution in [3.63, 3.8) is 0 Å². The Bertz CT molecular complexity index is 1410. The highest BCUT2D eigenvalue weighted by molar-refractivity contribution is 7.89. The van der Waals surface area contributed by atoms with Crippen LogP contribution in [0.25, 0.3) is 0 Å². The highest BCUT2D eigenvalue weighted by Gasteiger charge is 2.32. The highest BCUT2D eigenvalue weighted by atomic mass is 32.2. The average Bonchev–Trinajstić information content (AvgIpc) is 3.10. The molecule has 3 N–H and O–H groups in total. The summed E-state index contributed by atoms with van der Waals surface area (Å²) in [5.74, 6) is -2.13. The van der Waals surface area contributed by atoms with E-state index in [0.717, 1.165) is 30.2 Å². The Balaban J connectivity index is 1.51. The lowest BCUT2D eigenvalue weighted by Crippen LogP contribution is -2.48. The van der Waals surface area contributed by atoms with Crippen LogP contribution in [0.5, 0.6) is 0 Å². The average molecular weight is 544 g/mol. The number of nitrogens with zero attached hydrogens (tertiary/aromatic N) is 1. The number of carbonyl (C=O) groups is 1. The molecule has 0 spiro atoms. The molecule has 2 atom stereocenters. The molecule has 202 valence electrons. The van der Waals surface area contributed by atoms with Crippen molar-refractivity contribution in [2.75, 3.05) is 13.6 Å². The smallest absolute Gasteiger partial charge is 0.251 e. The Labute approximate surface area is 221 Å². The highest BCUT2D eigenvalue weighted by Crippen LogP contribution is 2.29. The lowest BCUT2D eigenvalue weighted by Gasteiger charge is -2.25. The van der Waals surface area contributed by atoms with Gasteiger partial charge >= 0.3 is 0 Å². The first-order valence-corrected chi connectivity index (χ1v) is 13.8. The van der Waals surface area contributed by atoms with E-state index < -0.39 is 39.7 Å². The number of hydrogen-bond donors (Lipinski definition) is 3. The predicted octanol–water partition coefficient (Wildman–Crippen LogP) is 3.15. The number of carbonyl (C=O) groups excluding carboxylic acids is 1. The van der Waals surface area contributed by atoms with Gasteiger partial charge in [0.1, 0.15) is 11.6 Å². The van der Waals surface area contributed by atoms with Gasteiger partial charge < -0.3 is 15.7 Å². The Morgan fingerprint density at radius 1 is 1.03 bits per heavy atom. The zero-order valence-electron chi connectivity index (χ0n) is 21.2. The van der Waals surface area contributed by atoms with E-state index in [1.165, 1.54) is 29.0 Å². The van der Waals surface area contributed by atoms with E-state index in [4.69, 9.17) is 0 Å². The van der Waals surface area contributed by atoms with Crippen LogP contribution < -0.4 is 10.6 Å². The summed E-state index contributed by atoms with van der Waals surface area (Å²) in [6, 6.07) is 14.6. The van der Waals surface area contributed by atoms with Crippen LogP contribution in [0, 0.1) is 11.6 Å². The van der Waals surface area contributed by atoms with E-state index in [0.29, 0.717) is 12.1 Å². The molecule has 0 aliphatic carbocycles. The number of aryl methyl sites for hydroxylation is 1. The summed E-state index contributed by atoms with van der Waals surface area (Å²) in [7, 11) is -2.21. The Hall–Kier alpha value is -3.18. The molecular formula is C28H31F2N3O4S. The first-order valence-electron chi connectivity index (χ1n) is 12.4. The monoisotopic (exact) mass is 543 g/mol. The minimum absolute atomic E-state index is 0.0411. The zero-order chi connectivity index (χ0) is 27.4. The van der Waals surface area contributed by atoms with Crippen LogP contribution in [0.15, 0.2) is 65.6 Å². The van der Waals surface area contributed by atoms with Gasteiger partial charge in [0, 0.05) is 38.3 Å². The number of hydrogen-bond acceptors (Lipinski definition) is 5. The second kappa shape index (κ2) is 11.7. The molecule has 3 aromatic carbocycles. The van der Waals surface area contributed by atoms with Crippen molar-refractivity contribution in [2.45, 2.75) is 49.9 Å². The lowest BCUT2D eigenvalue weighted by molar-refractivity contribution is 0.0829. The van der Waals surface area contributed by atoms with Gasteiger partial charge in [0.05, 0.1) is 17.0 Å². The molecule has 0 fully saturated rings. The summed E-state index contributed by atoms with van der Waals surface area (Å²) in [6.07, 6.45) is -0.251. The number of benzene rings is 3. The lowest BCUT2D eigenvalue weighted by atomic mass is 9.99. The number of fused-ring (bicyclic) bond motifs is 1. The minimum Gasteiger partial charge on any atom is -0.390 e. The van der Waals surface area contributed by atoms with E-state index in [1.54, 1.807) is 6.07 Å². The van der Waals surface area contributed by atoms with Crippen LogP contribution in [0.2, 0.25) is 0 Å². The van der Waals surface area contributed by atoms with Crippen LogP contribution in [0.4, 0.5) is 8.78 Å². The molecule has 1 aliphatic heterocycles. The van der Waals surface area contributed by atoms with Crippen LogP contribution in [-0.2, 0) is 36.0 Å². The van der Waals surface area contributed by atoms with E-state index in [9.17, 15) is 27.1 Å². The van der Waals surface area contributed by atoms with Crippen LogP contribution >= 0.6 is 0 Å². The van der Waals surface area contributed by atoms with Crippen LogP contribution in [0.1, 0.15) is 39.5 Å². The van der Waals surface area contributed by atoms with Gasteiger partial charge in [-0.3, -0.25) is 4.79 Å². The van der Waals surface area contributed by atoms with Gasteiger partial charge in [-0.05, 0) is 59.4 Å². The van der Waals surface area contributed by atoms with Gasteiger partial charge in [0.15, 0.2) is 0 Å². The molecule has 3 aromatic rings. The number of rotatable bonds is 10. The van der Waals surface area contributed by atoms with Crippen molar-refractivity contribution in [3.8, 4) is 0 Å². The fourth-order valence-corrected chi connectivity index (χ4v) is 5.93. The summed E-state index contributed by atoms with van der Waals surface area (Å²) in [6.45, 7) is 2.87. The van der Waals surface area contributed by atoms with Crippen LogP contribution in [-0.4, -0.2) is 49.5 Å². The molecule has 7 nitrogen and oxygen atoms in total. The van der Waals surface area contributed by atoms with E-state index >= 15 is 0 Å². The molecule has 0 unspecified atom stereocenters. The number of aliphatic hydroxyl groups is 1. The number of amides is 1. The number of sulfonamides is 1. The maximum atomic E-state index is 13.8. The molecule has 0 radical (unpaired) electrons. The first kappa shape index (κ1) is 27.8. The maximum Gasteiger partial charge on any atom is 0.251 e. The third-order valence-electron chi connectivity index (χ3n) is 6.65. The van der Waals surface area contributed by atoms with Crippen molar-refractivity contribution in [1.82, 2.24) is 14.9 Å². The van der Waals surface area contributed by atoms with Gasteiger partial charge in [0.2, 0.25) is 10.0 Å². The number of aliphatic hydroxyl groups excluding tert-OH is 1. The molecule has 1 amide bonds. The van der Waals surface area contributed by atoms with Gasteiger partial charge in [-0.1, -0.05) is 37.3 Å². The Kier molecular flexibility index (Phi) is 8.57. The van der Waals surface area contributed by atoms with Crippen molar-refractivity contribution in [1.29, 1.82) is 0 Å². The third-order valence-corrected chi connectivity index (χ3v) is 8.54. The van der Waals surface area contributed by atoms with E-state index in [2.05, 4.69) is 23.6 Å². The Morgan fingerprint density at radius 3 is 2.45 bits per heavy atom. The van der Waals surface area contributed by atoms with Crippen LogP contribution in [0.3, 0.4) is 0 Å². The molecule has 0 aromatic heterocycles. The molecule has 0 bridgehead atoms. The molecule has 1 aliphatic rings. The molecule has 1 heterocycles. The maximum absolute atomic E-state index is 13.8. The van der Waals surface area contributed by atoms with Crippen molar-refractivity contribution in [3.05, 3.63) is 100 Å². The fraction of sp³-hybridized carbons (Fsp3) is 0.321. The molecular weight excluding hydrogens is 512 g/mol. The van der Waals surface area contributed by atoms with Crippen molar-refractivity contribution >= 4 is 15.9 Å². The Morgan fingerprint density at radius 2 is 1.74 bits per heavy atom. The van der Waals surface area contributed by atoms with E-state index in [-0.39, 0.29) is 35.5 Å². The zero-order valence-corrected chi connectivity index (χ0v) is 22.1. The SMILES string of the molecule is CCc1cccc(CNC[C@@H](O)[C@H](Cc2cc(F)cc(F)c2)NC(=O)c2ccc3c(c2)S(=O)(=O)N(C)C3)c1. The molecule has 0 saturated carbocycles. The van der Waals surface area contributed by atoms with Crippen molar-refractivity contribution < 1.29 is 27.1 Å². The molecule has 38 heavy (non-hydrogen) atoms. The largest absolute Gasteiger partial charge is 0.390 e. The summed E-state index contributed by atoms with van der Waals surface area (Å²) < 4.78 is 53.9. The summed E-state index contributed by atoms with van der Waals surface area (Å²) >= 11 is 0. The molecule has 4 rings (SSSR count). The fourth-order valence-electron chi connectivity index (χ4n) is 4.54. The first-order chi connectivity index (χ1) is 18.1. The minimum atomic E-state index is -3.68. The third kappa shape index (κ3) is 6.44. The second-order valence-corrected chi connectivity index (χ2v) is 11.5. The van der Waals surface area contributed by atoms with Crippen molar-refractivity contribution in [2.24, 2.45) is 0 Å². The summed E-state index contributed by atoms with van der Waals surface area (Å²) in [4.78, 5) is 13.2. The predicted molar refractivity (Wildman–Crippen MR) is 140 cm³/mol. The topological polar surface area (TPSA) is 98.7 Å². The van der Waals surface area contributed by atoms with Gasteiger partial charge in [-0.25, -0.2) is 17.2 Å². The molecule has 0 saturated heterocycles. The van der Waals surface area contributed by atoms with Gasteiger partial charge in [-0.2, -0.15) is 4.31 Å². The normalized spacial score (nSPS) is 16.1. The number of halogens is 2.